The number of carbonyl (C=O) groups excluding carboxylic acids is 1. The van der Waals surface area contributed by atoms with Crippen LogP contribution in [0.15, 0.2) is 60.9 Å². The van der Waals surface area contributed by atoms with Crippen LogP contribution in [0.2, 0.25) is 0 Å². The second-order valence-corrected chi connectivity index (χ2v) is 10.2. The summed E-state index contributed by atoms with van der Waals surface area (Å²) in [6, 6.07) is 15.6. The normalized spacial score (nSPS) is 21.2. The van der Waals surface area contributed by atoms with Crippen molar-refractivity contribution in [2.45, 2.75) is 50.2 Å². The minimum Gasteiger partial charge on any atom is -0.497 e. The molecule has 8 nitrogen and oxygen atoms in total. The minimum absolute atomic E-state index is 0.134. The molecule has 0 saturated carbocycles. The Labute approximate surface area is 215 Å². The third-order valence-electron chi connectivity index (χ3n) is 8.05. The molecule has 2 saturated heterocycles. The Morgan fingerprint density at radius 3 is 2.70 bits per heavy atom. The first-order valence-electron chi connectivity index (χ1n) is 12.8. The van der Waals surface area contributed by atoms with E-state index in [1.54, 1.807) is 20.2 Å². The predicted molar refractivity (Wildman–Crippen MR) is 141 cm³/mol. The Morgan fingerprint density at radius 2 is 1.92 bits per heavy atom. The van der Waals surface area contributed by atoms with E-state index < -0.39 is 5.60 Å². The number of aliphatic hydroxyl groups is 1. The third-order valence-corrected chi connectivity index (χ3v) is 8.05. The number of anilines is 1. The summed E-state index contributed by atoms with van der Waals surface area (Å²) in [7, 11) is 1.61. The van der Waals surface area contributed by atoms with Gasteiger partial charge < -0.3 is 20.5 Å². The van der Waals surface area contributed by atoms with Crippen LogP contribution in [0.25, 0.3) is 16.8 Å². The van der Waals surface area contributed by atoms with Crippen LogP contribution < -0.4 is 10.5 Å². The first-order chi connectivity index (χ1) is 17.9. The molecule has 2 aromatic carbocycles. The lowest BCUT2D eigenvalue weighted by Crippen LogP contribution is -2.41. The second-order valence-electron chi connectivity index (χ2n) is 10.2. The van der Waals surface area contributed by atoms with Gasteiger partial charge in [-0.25, -0.2) is 9.97 Å². The van der Waals surface area contributed by atoms with Crippen LogP contribution in [0.3, 0.4) is 0 Å². The number of hydrogen-bond donors (Lipinski definition) is 2. The van der Waals surface area contributed by atoms with Crippen molar-refractivity contribution < 1.29 is 14.6 Å². The average Bonchev–Trinajstić information content (AvgIpc) is 3.50. The van der Waals surface area contributed by atoms with Gasteiger partial charge in [0.25, 0.3) is 0 Å². The predicted octanol–water partition coefficient (Wildman–Crippen LogP) is 4.11. The van der Waals surface area contributed by atoms with Crippen LogP contribution in [0.4, 0.5) is 5.82 Å². The number of aromatic nitrogens is 3. The fourth-order valence-corrected chi connectivity index (χ4v) is 5.90. The van der Waals surface area contributed by atoms with Gasteiger partial charge in [0.1, 0.15) is 34.2 Å². The maximum atomic E-state index is 12.4. The number of rotatable bonds is 5. The molecule has 4 aromatic rings. The number of hydrogen-bond acceptors (Lipinski definition) is 6. The SMILES string of the molecule is COc1cccc(C(C)(O)c2ccc(-c3nc([C@@H]4CC[C@H]5CCC(=O)N5C4)n4ccnc(N)c34)cc2)c1. The molecule has 3 atom stereocenters. The van der Waals surface area contributed by atoms with Gasteiger partial charge in [0.2, 0.25) is 5.91 Å². The van der Waals surface area contributed by atoms with E-state index in [1.807, 2.05) is 64.0 Å². The summed E-state index contributed by atoms with van der Waals surface area (Å²) < 4.78 is 7.37. The number of amides is 1. The molecule has 4 heterocycles. The van der Waals surface area contributed by atoms with Gasteiger partial charge in [0, 0.05) is 42.9 Å². The Hall–Kier alpha value is -3.91. The van der Waals surface area contributed by atoms with E-state index in [9.17, 15) is 9.90 Å². The lowest BCUT2D eigenvalue weighted by atomic mass is 9.87. The minimum atomic E-state index is -1.20. The summed E-state index contributed by atoms with van der Waals surface area (Å²) in [4.78, 5) is 23.9. The van der Waals surface area contributed by atoms with Crippen molar-refractivity contribution >= 4 is 17.2 Å². The topological polar surface area (TPSA) is 106 Å². The summed E-state index contributed by atoms with van der Waals surface area (Å²) >= 11 is 0. The molecule has 8 heteroatoms. The highest BCUT2D eigenvalue weighted by Crippen LogP contribution is 2.39. The van der Waals surface area contributed by atoms with E-state index in [2.05, 4.69) is 4.98 Å². The van der Waals surface area contributed by atoms with Crippen LogP contribution in [0.5, 0.6) is 5.75 Å². The zero-order valence-corrected chi connectivity index (χ0v) is 21.1. The van der Waals surface area contributed by atoms with Gasteiger partial charge in [-0.1, -0.05) is 36.4 Å². The van der Waals surface area contributed by atoms with Crippen molar-refractivity contribution in [1.82, 2.24) is 19.3 Å². The van der Waals surface area contributed by atoms with E-state index in [1.165, 1.54) is 0 Å². The molecular weight excluding hydrogens is 466 g/mol. The van der Waals surface area contributed by atoms with E-state index in [0.717, 1.165) is 53.0 Å². The fourth-order valence-electron chi connectivity index (χ4n) is 5.90. The highest BCUT2D eigenvalue weighted by molar-refractivity contribution is 5.85. The van der Waals surface area contributed by atoms with Crippen LogP contribution in [0, 0.1) is 0 Å². The van der Waals surface area contributed by atoms with Crippen molar-refractivity contribution in [3.05, 3.63) is 77.9 Å². The number of carbonyl (C=O) groups is 1. The van der Waals surface area contributed by atoms with Gasteiger partial charge in [0.05, 0.1) is 7.11 Å². The van der Waals surface area contributed by atoms with Crippen molar-refractivity contribution in [1.29, 1.82) is 0 Å². The third kappa shape index (κ3) is 3.92. The van der Waals surface area contributed by atoms with Crippen molar-refractivity contribution in [2.24, 2.45) is 0 Å². The molecule has 6 rings (SSSR count). The monoisotopic (exact) mass is 497 g/mol. The Morgan fingerprint density at radius 1 is 1.11 bits per heavy atom. The number of methoxy groups -OCH3 is 1. The maximum absolute atomic E-state index is 12.4. The van der Waals surface area contributed by atoms with Crippen LogP contribution in [-0.2, 0) is 10.4 Å². The van der Waals surface area contributed by atoms with E-state index in [0.29, 0.717) is 30.6 Å². The van der Waals surface area contributed by atoms with E-state index in [-0.39, 0.29) is 11.8 Å². The first kappa shape index (κ1) is 23.5. The summed E-state index contributed by atoms with van der Waals surface area (Å²) in [5, 5.41) is 11.4. The number of ether oxygens (including phenoxy) is 1. The largest absolute Gasteiger partial charge is 0.497 e. The molecule has 3 N–H and O–H groups in total. The van der Waals surface area contributed by atoms with Crippen LogP contribution >= 0.6 is 0 Å². The van der Waals surface area contributed by atoms with Crippen molar-refractivity contribution in [3.63, 3.8) is 0 Å². The van der Waals surface area contributed by atoms with Crippen molar-refractivity contribution in [3.8, 4) is 17.0 Å². The highest BCUT2D eigenvalue weighted by Gasteiger charge is 2.38. The van der Waals surface area contributed by atoms with Gasteiger partial charge in [-0.05, 0) is 49.4 Å². The number of nitrogens with two attached hydrogens (primary N) is 1. The van der Waals surface area contributed by atoms with Gasteiger partial charge >= 0.3 is 0 Å². The second kappa shape index (κ2) is 8.88. The Balaban J connectivity index is 1.37. The van der Waals surface area contributed by atoms with Crippen molar-refractivity contribution in [2.75, 3.05) is 19.4 Å². The molecule has 2 aliphatic rings. The molecule has 2 fully saturated rings. The number of nitrogens with zero attached hydrogens (tertiary/aromatic N) is 4. The Bertz CT molecular complexity index is 1480. The smallest absolute Gasteiger partial charge is 0.222 e. The lowest BCUT2D eigenvalue weighted by Gasteiger charge is -2.34. The first-order valence-corrected chi connectivity index (χ1v) is 12.8. The zero-order valence-electron chi connectivity index (χ0n) is 21.1. The van der Waals surface area contributed by atoms with Crippen LogP contribution in [0.1, 0.15) is 55.5 Å². The lowest BCUT2D eigenvalue weighted by molar-refractivity contribution is -0.130. The standard InChI is InChI=1S/C29H31N5O3/c1-29(36,21-4-3-5-23(16-21)37-2)20-9-6-18(7-10-20)25-26-27(30)31-14-15-33(26)28(32-25)19-8-11-22-12-13-24(35)34(22)17-19/h3-7,9-10,14-16,19,22,36H,8,11-13,17H2,1-2H3,(H2,30,31)/t19-,22+,29?/m1/s1. The molecule has 190 valence electrons. The molecule has 0 bridgehead atoms. The molecule has 0 spiro atoms. The molecule has 1 amide bonds. The number of fused-ring (bicyclic) bond motifs is 2. The molecule has 0 aliphatic carbocycles. The number of benzene rings is 2. The van der Waals surface area contributed by atoms with E-state index >= 15 is 0 Å². The average molecular weight is 498 g/mol. The molecule has 2 aliphatic heterocycles. The highest BCUT2D eigenvalue weighted by atomic mass is 16.5. The Kier molecular flexibility index (Phi) is 5.64. The summed E-state index contributed by atoms with van der Waals surface area (Å²) in [5.74, 6) is 2.39. The molecule has 0 radical (unpaired) electrons. The quantitative estimate of drug-likeness (QED) is 0.430. The number of piperidine rings is 1. The van der Waals surface area contributed by atoms with Gasteiger partial charge in [-0.15, -0.1) is 0 Å². The summed E-state index contributed by atoms with van der Waals surface area (Å²) in [5.41, 5.74) is 9.07. The van der Waals surface area contributed by atoms with Gasteiger partial charge in [-0.3, -0.25) is 9.20 Å². The molecular formula is C29H31N5O3. The van der Waals surface area contributed by atoms with E-state index in [4.69, 9.17) is 15.5 Å². The number of nitrogen functional groups attached to an aromatic ring is 1. The summed E-state index contributed by atoms with van der Waals surface area (Å²) in [6.45, 7) is 2.46. The zero-order chi connectivity index (χ0) is 25.7. The van der Waals surface area contributed by atoms with Gasteiger partial charge in [0.15, 0.2) is 0 Å². The number of imidazole rings is 1. The van der Waals surface area contributed by atoms with Crippen LogP contribution in [-0.4, -0.2) is 50.0 Å². The maximum Gasteiger partial charge on any atom is 0.222 e. The van der Waals surface area contributed by atoms with Gasteiger partial charge in [-0.2, -0.15) is 0 Å². The molecule has 2 aromatic heterocycles. The fraction of sp³-hybridized carbons (Fsp3) is 0.345. The summed E-state index contributed by atoms with van der Waals surface area (Å²) in [6.07, 6.45) is 7.18. The molecule has 37 heavy (non-hydrogen) atoms. The molecule has 1 unspecified atom stereocenters.